The summed E-state index contributed by atoms with van der Waals surface area (Å²) in [5.74, 6) is -0.0429. The highest BCUT2D eigenvalue weighted by Crippen LogP contribution is 2.23. The van der Waals surface area contributed by atoms with Gasteiger partial charge >= 0.3 is 0 Å². The Hall–Kier alpha value is -0.770. The van der Waals surface area contributed by atoms with Crippen molar-refractivity contribution in [1.82, 2.24) is 10.2 Å². The van der Waals surface area contributed by atoms with Crippen LogP contribution in [0.4, 0.5) is 0 Å². The van der Waals surface area contributed by atoms with Gasteiger partial charge in [0, 0.05) is 24.2 Å². The maximum absolute atomic E-state index is 12.5. The molecule has 0 radical (unpaired) electrons. The Kier molecular flexibility index (Phi) is 4.49. The van der Waals surface area contributed by atoms with Crippen LogP contribution in [0.15, 0.2) is 18.2 Å². The van der Waals surface area contributed by atoms with Gasteiger partial charge in [-0.05, 0) is 38.1 Å². The van der Waals surface area contributed by atoms with E-state index >= 15 is 0 Å². The molecule has 1 unspecified atom stereocenters. The van der Waals surface area contributed by atoms with Gasteiger partial charge in [-0.1, -0.05) is 23.2 Å². The van der Waals surface area contributed by atoms with Crippen LogP contribution >= 0.6 is 23.2 Å². The number of amides is 1. The fraction of sp³-hybridized carbons (Fsp3) is 0.462. The first-order valence-electron chi connectivity index (χ1n) is 6.06. The molecule has 98 valence electrons. The summed E-state index contributed by atoms with van der Waals surface area (Å²) in [4.78, 5) is 14.3. The molecule has 1 fully saturated rings. The number of rotatable bonds is 1. The molecular weight excluding hydrogens is 271 g/mol. The minimum atomic E-state index is -0.0429. The van der Waals surface area contributed by atoms with E-state index in [0.717, 1.165) is 26.1 Å². The van der Waals surface area contributed by atoms with E-state index in [1.807, 2.05) is 11.8 Å². The summed E-state index contributed by atoms with van der Waals surface area (Å²) in [5, 5.41) is 4.29. The molecule has 1 amide bonds. The molecule has 1 atom stereocenters. The zero-order valence-electron chi connectivity index (χ0n) is 10.2. The fourth-order valence-electron chi connectivity index (χ4n) is 2.13. The van der Waals surface area contributed by atoms with Gasteiger partial charge in [-0.3, -0.25) is 4.79 Å². The Bertz CT molecular complexity index is 451. The van der Waals surface area contributed by atoms with E-state index in [4.69, 9.17) is 23.2 Å². The van der Waals surface area contributed by atoms with Gasteiger partial charge in [-0.2, -0.15) is 0 Å². The molecule has 0 saturated carbocycles. The molecule has 2 rings (SSSR count). The molecule has 1 aliphatic rings. The van der Waals surface area contributed by atoms with Crippen LogP contribution in [0.1, 0.15) is 23.7 Å². The number of nitrogens with zero attached hydrogens (tertiary/aromatic N) is 1. The maximum Gasteiger partial charge on any atom is 0.255 e. The molecule has 0 aromatic heterocycles. The molecule has 1 N–H and O–H groups in total. The fourth-order valence-corrected chi connectivity index (χ4v) is 2.50. The highest BCUT2D eigenvalue weighted by Gasteiger charge is 2.24. The molecule has 0 aliphatic carbocycles. The van der Waals surface area contributed by atoms with Gasteiger partial charge in [0.2, 0.25) is 0 Å². The van der Waals surface area contributed by atoms with Crippen molar-refractivity contribution in [2.24, 2.45) is 0 Å². The Morgan fingerprint density at radius 1 is 1.44 bits per heavy atom. The third-order valence-corrected chi connectivity index (χ3v) is 3.71. The quantitative estimate of drug-likeness (QED) is 0.861. The number of carbonyl (C=O) groups excluding carboxylic acids is 1. The predicted molar refractivity (Wildman–Crippen MR) is 74.4 cm³/mol. The number of halogens is 2. The zero-order chi connectivity index (χ0) is 13.1. The number of hydrogen-bond acceptors (Lipinski definition) is 2. The van der Waals surface area contributed by atoms with Crippen molar-refractivity contribution in [2.75, 3.05) is 19.6 Å². The molecule has 1 saturated heterocycles. The van der Waals surface area contributed by atoms with Gasteiger partial charge in [-0.25, -0.2) is 0 Å². The van der Waals surface area contributed by atoms with Crippen molar-refractivity contribution in [1.29, 1.82) is 0 Å². The van der Waals surface area contributed by atoms with Gasteiger partial charge in [0.25, 0.3) is 5.91 Å². The molecule has 3 nitrogen and oxygen atoms in total. The SMILES string of the molecule is CC1CNCCCN1C(=O)c1cc(Cl)ccc1Cl. The van der Waals surface area contributed by atoms with Crippen LogP contribution in [-0.4, -0.2) is 36.5 Å². The lowest BCUT2D eigenvalue weighted by Crippen LogP contribution is -2.41. The summed E-state index contributed by atoms with van der Waals surface area (Å²) in [6.45, 7) is 4.53. The molecule has 0 spiro atoms. The largest absolute Gasteiger partial charge is 0.335 e. The van der Waals surface area contributed by atoms with Crippen molar-refractivity contribution in [3.8, 4) is 0 Å². The lowest BCUT2D eigenvalue weighted by Gasteiger charge is -2.27. The third kappa shape index (κ3) is 2.97. The van der Waals surface area contributed by atoms with Crippen LogP contribution in [-0.2, 0) is 0 Å². The molecular formula is C13H16Cl2N2O. The minimum Gasteiger partial charge on any atom is -0.335 e. The van der Waals surface area contributed by atoms with E-state index in [1.165, 1.54) is 0 Å². The van der Waals surface area contributed by atoms with Crippen LogP contribution in [0, 0.1) is 0 Å². The van der Waals surface area contributed by atoms with Crippen LogP contribution < -0.4 is 5.32 Å². The van der Waals surface area contributed by atoms with Crippen molar-refractivity contribution < 1.29 is 4.79 Å². The standard InChI is InChI=1S/C13H16Cl2N2O/c1-9-8-16-5-2-6-17(9)13(18)11-7-10(14)3-4-12(11)15/h3-4,7,9,16H,2,5-6,8H2,1H3. The first kappa shape index (κ1) is 13.7. The second-order valence-electron chi connectivity index (χ2n) is 4.53. The van der Waals surface area contributed by atoms with Crippen LogP contribution in [0.5, 0.6) is 0 Å². The van der Waals surface area contributed by atoms with Crippen LogP contribution in [0.3, 0.4) is 0 Å². The molecule has 18 heavy (non-hydrogen) atoms. The number of benzene rings is 1. The number of hydrogen-bond donors (Lipinski definition) is 1. The summed E-state index contributed by atoms with van der Waals surface area (Å²) in [5.41, 5.74) is 0.484. The van der Waals surface area contributed by atoms with E-state index in [9.17, 15) is 4.79 Å². The Morgan fingerprint density at radius 2 is 2.22 bits per heavy atom. The third-order valence-electron chi connectivity index (χ3n) is 3.14. The number of nitrogens with one attached hydrogen (secondary N) is 1. The molecule has 1 aromatic carbocycles. The van der Waals surface area contributed by atoms with Crippen LogP contribution in [0.2, 0.25) is 10.0 Å². The molecule has 1 aliphatic heterocycles. The van der Waals surface area contributed by atoms with Crippen molar-refractivity contribution in [2.45, 2.75) is 19.4 Å². The van der Waals surface area contributed by atoms with E-state index in [2.05, 4.69) is 5.32 Å². The Morgan fingerprint density at radius 3 is 3.00 bits per heavy atom. The zero-order valence-corrected chi connectivity index (χ0v) is 11.8. The first-order chi connectivity index (χ1) is 8.59. The first-order valence-corrected chi connectivity index (χ1v) is 6.82. The summed E-state index contributed by atoms with van der Waals surface area (Å²) in [7, 11) is 0. The summed E-state index contributed by atoms with van der Waals surface area (Å²) < 4.78 is 0. The van der Waals surface area contributed by atoms with E-state index < -0.39 is 0 Å². The molecule has 0 bridgehead atoms. The lowest BCUT2D eigenvalue weighted by molar-refractivity contribution is 0.0707. The van der Waals surface area contributed by atoms with Crippen molar-refractivity contribution in [3.63, 3.8) is 0 Å². The van der Waals surface area contributed by atoms with Gasteiger partial charge in [0.1, 0.15) is 0 Å². The smallest absolute Gasteiger partial charge is 0.255 e. The predicted octanol–water partition coefficient (Wildman–Crippen LogP) is 2.82. The molecule has 1 heterocycles. The molecule has 5 heteroatoms. The number of carbonyl (C=O) groups is 1. The normalized spacial score (nSPS) is 20.6. The van der Waals surface area contributed by atoms with Gasteiger partial charge in [0.05, 0.1) is 10.6 Å². The van der Waals surface area contributed by atoms with Gasteiger partial charge in [-0.15, -0.1) is 0 Å². The van der Waals surface area contributed by atoms with Gasteiger partial charge in [0.15, 0.2) is 0 Å². The van der Waals surface area contributed by atoms with E-state index in [0.29, 0.717) is 15.6 Å². The monoisotopic (exact) mass is 286 g/mol. The average molecular weight is 287 g/mol. The summed E-state index contributed by atoms with van der Waals surface area (Å²) in [6.07, 6.45) is 0.953. The maximum atomic E-state index is 12.5. The highest BCUT2D eigenvalue weighted by molar-refractivity contribution is 6.35. The minimum absolute atomic E-state index is 0.0429. The van der Waals surface area contributed by atoms with E-state index in [-0.39, 0.29) is 11.9 Å². The van der Waals surface area contributed by atoms with Crippen LogP contribution in [0.25, 0.3) is 0 Å². The van der Waals surface area contributed by atoms with Crippen molar-refractivity contribution in [3.05, 3.63) is 33.8 Å². The average Bonchev–Trinajstić information content (AvgIpc) is 2.56. The highest BCUT2D eigenvalue weighted by atomic mass is 35.5. The Balaban J connectivity index is 2.26. The Labute approximate surface area is 117 Å². The topological polar surface area (TPSA) is 32.3 Å². The summed E-state index contributed by atoms with van der Waals surface area (Å²) >= 11 is 12.0. The second-order valence-corrected chi connectivity index (χ2v) is 5.37. The summed E-state index contributed by atoms with van der Waals surface area (Å²) in [6, 6.07) is 5.15. The second kappa shape index (κ2) is 5.91. The van der Waals surface area contributed by atoms with Gasteiger partial charge < -0.3 is 10.2 Å². The van der Waals surface area contributed by atoms with Crippen molar-refractivity contribution >= 4 is 29.1 Å². The lowest BCUT2D eigenvalue weighted by atomic mass is 10.1. The van der Waals surface area contributed by atoms with E-state index in [1.54, 1.807) is 18.2 Å². The molecule has 1 aromatic rings.